The van der Waals surface area contributed by atoms with Gasteiger partial charge in [-0.15, -0.1) is 0 Å². The van der Waals surface area contributed by atoms with Crippen molar-refractivity contribution in [3.63, 3.8) is 0 Å². The summed E-state index contributed by atoms with van der Waals surface area (Å²) in [6, 6.07) is 0. The number of hydrogen-bond donors (Lipinski definition) is 0. The SMILES string of the molecule is CCC(CC)(CC)CCO[SiH3]. The normalized spacial score (nSPS) is 12.3. The summed E-state index contributed by atoms with van der Waals surface area (Å²) in [5, 5.41) is 0. The molecule has 68 valence electrons. The molecule has 0 saturated carbocycles. The first-order valence-electron chi connectivity index (χ1n) is 4.73. The number of hydrogen-bond acceptors (Lipinski definition) is 1. The van der Waals surface area contributed by atoms with Gasteiger partial charge >= 0.3 is 0 Å². The molecule has 0 aromatic rings. The Morgan fingerprint density at radius 3 is 1.82 bits per heavy atom. The third-order valence-corrected chi connectivity index (χ3v) is 3.49. The molecule has 0 rings (SSSR count). The molecule has 0 radical (unpaired) electrons. The van der Waals surface area contributed by atoms with Gasteiger partial charge in [0, 0.05) is 6.61 Å². The van der Waals surface area contributed by atoms with Gasteiger partial charge in [0.25, 0.3) is 0 Å². The highest BCUT2D eigenvalue weighted by atomic mass is 28.2. The maximum atomic E-state index is 5.24. The summed E-state index contributed by atoms with van der Waals surface area (Å²) in [5.74, 6) is 0. The molecule has 0 heterocycles. The lowest BCUT2D eigenvalue weighted by Crippen LogP contribution is -2.19. The molecule has 0 amide bonds. The lowest BCUT2D eigenvalue weighted by molar-refractivity contribution is 0.180. The molecule has 11 heavy (non-hydrogen) atoms. The van der Waals surface area contributed by atoms with Crippen LogP contribution in [0.25, 0.3) is 0 Å². The smallest absolute Gasteiger partial charge is 0.145 e. The van der Waals surface area contributed by atoms with Crippen molar-refractivity contribution in [3.05, 3.63) is 0 Å². The predicted molar refractivity (Wildman–Crippen MR) is 53.8 cm³/mol. The molecular weight excluding hydrogens is 152 g/mol. The molecule has 1 nitrogen and oxygen atoms in total. The van der Waals surface area contributed by atoms with Crippen molar-refractivity contribution in [3.8, 4) is 0 Å². The predicted octanol–water partition coefficient (Wildman–Crippen LogP) is 1.89. The van der Waals surface area contributed by atoms with Gasteiger partial charge < -0.3 is 4.43 Å². The fourth-order valence-electron chi connectivity index (χ4n) is 1.60. The van der Waals surface area contributed by atoms with Crippen molar-refractivity contribution in [1.82, 2.24) is 0 Å². The van der Waals surface area contributed by atoms with Gasteiger partial charge in [0.1, 0.15) is 10.5 Å². The van der Waals surface area contributed by atoms with Gasteiger partial charge in [0.15, 0.2) is 0 Å². The van der Waals surface area contributed by atoms with Gasteiger partial charge in [-0.2, -0.15) is 0 Å². The van der Waals surface area contributed by atoms with Gasteiger partial charge in [-0.3, -0.25) is 0 Å². The molecule has 0 aliphatic rings. The van der Waals surface area contributed by atoms with E-state index in [1.807, 2.05) is 0 Å². The highest BCUT2D eigenvalue weighted by molar-refractivity contribution is 5.97. The summed E-state index contributed by atoms with van der Waals surface area (Å²) in [5.41, 5.74) is 0.574. The Balaban J connectivity index is 3.84. The summed E-state index contributed by atoms with van der Waals surface area (Å²) >= 11 is 0. The Kier molecular flexibility index (Phi) is 5.87. The lowest BCUT2D eigenvalue weighted by atomic mass is 9.77. The number of rotatable bonds is 6. The summed E-state index contributed by atoms with van der Waals surface area (Å²) in [4.78, 5) is 0. The average molecular weight is 174 g/mol. The van der Waals surface area contributed by atoms with Crippen LogP contribution in [0.1, 0.15) is 46.5 Å². The minimum Gasteiger partial charge on any atom is -0.428 e. The van der Waals surface area contributed by atoms with Crippen molar-refractivity contribution in [2.45, 2.75) is 46.5 Å². The molecule has 0 aliphatic heterocycles. The van der Waals surface area contributed by atoms with Crippen LogP contribution in [0.5, 0.6) is 0 Å². The second-order valence-electron chi connectivity index (χ2n) is 3.30. The average Bonchev–Trinajstić information content (AvgIpc) is 2.08. The zero-order valence-electron chi connectivity index (χ0n) is 8.44. The van der Waals surface area contributed by atoms with Crippen LogP contribution in [0, 0.1) is 5.41 Å². The molecule has 2 heteroatoms. The Morgan fingerprint density at radius 2 is 1.55 bits per heavy atom. The van der Waals surface area contributed by atoms with E-state index in [2.05, 4.69) is 20.8 Å². The fourth-order valence-corrected chi connectivity index (χ4v) is 1.80. The van der Waals surface area contributed by atoms with Crippen molar-refractivity contribution in [2.24, 2.45) is 5.41 Å². The minimum absolute atomic E-state index is 0.574. The van der Waals surface area contributed by atoms with E-state index in [0.717, 1.165) is 17.1 Å². The Hall–Kier alpha value is 0.177. The second kappa shape index (κ2) is 5.78. The molecular formula is C9H22OSi. The zero-order valence-corrected chi connectivity index (χ0v) is 10.4. The third kappa shape index (κ3) is 3.39. The highest BCUT2D eigenvalue weighted by Gasteiger charge is 2.22. The standard InChI is InChI=1S/C9H22OSi/c1-4-9(5-2,6-3)7-8-10-11/h4-8H2,1-3,11H3. The van der Waals surface area contributed by atoms with Gasteiger partial charge in [-0.25, -0.2) is 0 Å². The molecule has 0 atom stereocenters. The van der Waals surface area contributed by atoms with Crippen LogP contribution in [-0.2, 0) is 4.43 Å². The van der Waals surface area contributed by atoms with Crippen molar-refractivity contribution < 1.29 is 4.43 Å². The molecule has 0 aliphatic carbocycles. The first-order valence-corrected chi connectivity index (χ1v) is 5.55. The lowest BCUT2D eigenvalue weighted by Gasteiger charge is -2.30. The quantitative estimate of drug-likeness (QED) is 0.559. The van der Waals surface area contributed by atoms with Gasteiger partial charge in [0.2, 0.25) is 0 Å². The van der Waals surface area contributed by atoms with Crippen LogP contribution in [0.4, 0.5) is 0 Å². The van der Waals surface area contributed by atoms with Gasteiger partial charge in [0.05, 0.1) is 0 Å². The van der Waals surface area contributed by atoms with Crippen LogP contribution in [0.15, 0.2) is 0 Å². The second-order valence-corrected chi connectivity index (χ2v) is 3.88. The maximum absolute atomic E-state index is 5.24. The minimum atomic E-state index is 0.574. The fraction of sp³-hybridized carbons (Fsp3) is 1.00. The van der Waals surface area contributed by atoms with Crippen molar-refractivity contribution in [2.75, 3.05) is 6.61 Å². The van der Waals surface area contributed by atoms with E-state index in [1.165, 1.54) is 25.7 Å². The van der Waals surface area contributed by atoms with Crippen molar-refractivity contribution in [1.29, 1.82) is 0 Å². The van der Waals surface area contributed by atoms with Gasteiger partial charge in [-0.1, -0.05) is 40.0 Å². The summed E-state index contributed by atoms with van der Waals surface area (Å²) in [6.45, 7) is 7.85. The van der Waals surface area contributed by atoms with E-state index >= 15 is 0 Å². The first-order chi connectivity index (χ1) is 5.24. The molecule has 0 N–H and O–H groups in total. The summed E-state index contributed by atoms with van der Waals surface area (Å²) in [7, 11) is 0.890. The Bertz CT molecular complexity index is 81.3. The molecule has 0 aromatic carbocycles. The molecule has 0 aromatic heterocycles. The Morgan fingerprint density at radius 1 is 1.09 bits per heavy atom. The topological polar surface area (TPSA) is 9.23 Å². The summed E-state index contributed by atoms with van der Waals surface area (Å²) in [6.07, 6.45) is 5.14. The summed E-state index contributed by atoms with van der Waals surface area (Å²) < 4.78 is 5.24. The Labute approximate surface area is 74.1 Å². The van der Waals surface area contributed by atoms with Crippen LogP contribution >= 0.6 is 0 Å². The van der Waals surface area contributed by atoms with Crippen molar-refractivity contribution >= 4 is 10.5 Å². The van der Waals surface area contributed by atoms with E-state index in [0.29, 0.717) is 5.41 Å². The van der Waals surface area contributed by atoms with Crippen LogP contribution in [-0.4, -0.2) is 17.1 Å². The third-order valence-electron chi connectivity index (χ3n) is 3.09. The monoisotopic (exact) mass is 174 g/mol. The van der Waals surface area contributed by atoms with E-state index in [1.54, 1.807) is 0 Å². The zero-order chi connectivity index (χ0) is 8.74. The van der Waals surface area contributed by atoms with E-state index in [-0.39, 0.29) is 0 Å². The molecule has 0 fully saturated rings. The van der Waals surface area contributed by atoms with Crippen LogP contribution in [0.3, 0.4) is 0 Å². The van der Waals surface area contributed by atoms with Crippen LogP contribution < -0.4 is 0 Å². The molecule has 0 unspecified atom stereocenters. The highest BCUT2D eigenvalue weighted by Crippen LogP contribution is 2.33. The van der Waals surface area contributed by atoms with E-state index in [9.17, 15) is 0 Å². The molecule has 0 saturated heterocycles. The van der Waals surface area contributed by atoms with Gasteiger partial charge in [-0.05, 0) is 11.8 Å². The molecule has 0 bridgehead atoms. The first kappa shape index (κ1) is 11.2. The largest absolute Gasteiger partial charge is 0.428 e. The van der Waals surface area contributed by atoms with E-state index < -0.39 is 0 Å². The van der Waals surface area contributed by atoms with E-state index in [4.69, 9.17) is 4.43 Å². The molecule has 0 spiro atoms. The van der Waals surface area contributed by atoms with Crippen LogP contribution in [0.2, 0.25) is 0 Å². The maximum Gasteiger partial charge on any atom is 0.145 e.